The van der Waals surface area contributed by atoms with Crippen molar-refractivity contribution in [2.75, 3.05) is 18.1 Å². The highest BCUT2D eigenvalue weighted by Crippen LogP contribution is 2.37. The number of nitrogens with zero attached hydrogens (tertiary/aromatic N) is 4. The first-order chi connectivity index (χ1) is 11.8. The number of anilines is 2. The van der Waals surface area contributed by atoms with Gasteiger partial charge in [-0.2, -0.15) is 18.2 Å². The fraction of sp³-hybridized carbons (Fsp3) is 0.333. The molecule has 0 spiro atoms. The Morgan fingerprint density at radius 1 is 1.28 bits per heavy atom. The van der Waals surface area contributed by atoms with Gasteiger partial charge < -0.3 is 9.64 Å². The fourth-order valence-corrected chi connectivity index (χ4v) is 2.19. The van der Waals surface area contributed by atoms with Crippen LogP contribution in [0.2, 0.25) is 0 Å². The topological polar surface area (TPSA) is 81.4 Å². The summed E-state index contributed by atoms with van der Waals surface area (Å²) in [6, 6.07) is 5.85. The van der Waals surface area contributed by atoms with Gasteiger partial charge in [0, 0.05) is 18.8 Å². The number of nitro benzene ring substituents is 1. The lowest BCUT2D eigenvalue weighted by Gasteiger charge is -2.22. The van der Waals surface area contributed by atoms with E-state index in [9.17, 15) is 23.3 Å². The Morgan fingerprint density at radius 3 is 2.52 bits per heavy atom. The second kappa shape index (κ2) is 7.32. The minimum absolute atomic E-state index is 0.0167. The molecule has 0 amide bonds. The average molecular weight is 356 g/mol. The summed E-state index contributed by atoms with van der Waals surface area (Å²) in [6.45, 7) is 3.40. The van der Waals surface area contributed by atoms with Crippen LogP contribution in [0.3, 0.4) is 0 Å². The minimum atomic E-state index is -4.67. The SMILES string of the molecule is CCOc1nc(N(CC)c2ccccc2[N+](=O)[O-])ncc1C(F)(F)F. The summed E-state index contributed by atoms with van der Waals surface area (Å²) in [5, 5.41) is 11.2. The van der Waals surface area contributed by atoms with Gasteiger partial charge in [0.2, 0.25) is 11.8 Å². The summed E-state index contributed by atoms with van der Waals surface area (Å²) in [7, 11) is 0. The molecule has 7 nitrogen and oxygen atoms in total. The molecule has 1 heterocycles. The number of para-hydroxylation sites is 2. The van der Waals surface area contributed by atoms with Gasteiger partial charge in [-0.15, -0.1) is 0 Å². The molecular formula is C15H15F3N4O3. The number of hydrogen-bond donors (Lipinski definition) is 0. The van der Waals surface area contributed by atoms with Gasteiger partial charge in [-0.3, -0.25) is 10.1 Å². The van der Waals surface area contributed by atoms with Gasteiger partial charge in [-0.05, 0) is 19.9 Å². The zero-order valence-electron chi connectivity index (χ0n) is 13.4. The van der Waals surface area contributed by atoms with Crippen LogP contribution >= 0.6 is 0 Å². The molecule has 0 radical (unpaired) electrons. The lowest BCUT2D eigenvalue weighted by atomic mass is 10.2. The Balaban J connectivity index is 2.56. The quantitative estimate of drug-likeness (QED) is 0.576. The molecule has 0 saturated carbocycles. The molecule has 134 valence electrons. The maximum atomic E-state index is 13.0. The second-order valence-electron chi connectivity index (χ2n) is 4.81. The molecule has 0 aliphatic heterocycles. The zero-order valence-corrected chi connectivity index (χ0v) is 13.4. The van der Waals surface area contributed by atoms with Crippen molar-refractivity contribution in [2.45, 2.75) is 20.0 Å². The van der Waals surface area contributed by atoms with Gasteiger partial charge in [0.15, 0.2) is 0 Å². The van der Waals surface area contributed by atoms with E-state index >= 15 is 0 Å². The van der Waals surface area contributed by atoms with Crippen LogP contribution < -0.4 is 9.64 Å². The lowest BCUT2D eigenvalue weighted by molar-refractivity contribution is -0.384. The Hall–Kier alpha value is -2.91. The number of nitro groups is 1. The number of hydrogen-bond acceptors (Lipinski definition) is 6. The first-order valence-corrected chi connectivity index (χ1v) is 7.37. The summed E-state index contributed by atoms with van der Waals surface area (Å²) < 4.78 is 44.0. The van der Waals surface area contributed by atoms with E-state index in [1.165, 1.54) is 30.0 Å². The molecule has 0 bridgehead atoms. The van der Waals surface area contributed by atoms with E-state index in [1.807, 2.05) is 0 Å². The molecule has 2 rings (SSSR count). The van der Waals surface area contributed by atoms with Gasteiger partial charge in [0.25, 0.3) is 5.69 Å². The number of ether oxygens (including phenoxy) is 1. The summed E-state index contributed by atoms with van der Waals surface area (Å²) >= 11 is 0. The maximum Gasteiger partial charge on any atom is 0.423 e. The smallest absolute Gasteiger partial charge is 0.423 e. The fourth-order valence-electron chi connectivity index (χ4n) is 2.19. The minimum Gasteiger partial charge on any atom is -0.477 e. The average Bonchev–Trinajstić information content (AvgIpc) is 2.55. The van der Waals surface area contributed by atoms with Gasteiger partial charge in [0.1, 0.15) is 11.3 Å². The molecule has 25 heavy (non-hydrogen) atoms. The van der Waals surface area contributed by atoms with E-state index < -0.39 is 22.5 Å². The van der Waals surface area contributed by atoms with Crippen LogP contribution in [0.15, 0.2) is 30.5 Å². The van der Waals surface area contributed by atoms with E-state index in [2.05, 4.69) is 9.97 Å². The maximum absolute atomic E-state index is 13.0. The number of alkyl halides is 3. The van der Waals surface area contributed by atoms with Gasteiger partial charge in [-0.1, -0.05) is 12.1 Å². The number of aromatic nitrogens is 2. The standard InChI is InChI=1S/C15H15F3N4O3/c1-3-21(11-7-5-6-8-12(11)22(23)24)14-19-9-10(15(16,17)18)13(20-14)25-4-2/h5-9H,3-4H2,1-2H3. The summed E-state index contributed by atoms with van der Waals surface area (Å²) in [5.74, 6) is -0.731. The molecule has 0 unspecified atom stereocenters. The molecule has 0 N–H and O–H groups in total. The van der Waals surface area contributed by atoms with E-state index in [4.69, 9.17) is 4.74 Å². The van der Waals surface area contributed by atoms with Crippen LogP contribution in [0.25, 0.3) is 0 Å². The second-order valence-corrected chi connectivity index (χ2v) is 4.81. The van der Waals surface area contributed by atoms with E-state index in [0.29, 0.717) is 6.20 Å². The van der Waals surface area contributed by atoms with Crippen molar-refractivity contribution in [2.24, 2.45) is 0 Å². The van der Waals surface area contributed by atoms with Crippen molar-refractivity contribution in [1.82, 2.24) is 9.97 Å². The lowest BCUT2D eigenvalue weighted by Crippen LogP contribution is -2.21. The molecular weight excluding hydrogens is 341 g/mol. The van der Waals surface area contributed by atoms with Crippen molar-refractivity contribution < 1.29 is 22.8 Å². The normalized spacial score (nSPS) is 11.2. The highest BCUT2D eigenvalue weighted by atomic mass is 19.4. The third kappa shape index (κ3) is 3.95. The number of rotatable bonds is 6. The van der Waals surface area contributed by atoms with E-state index in [1.54, 1.807) is 13.0 Å². The Bertz CT molecular complexity index is 768. The third-order valence-corrected chi connectivity index (χ3v) is 3.25. The molecule has 0 aliphatic rings. The van der Waals surface area contributed by atoms with Gasteiger partial charge in [-0.25, -0.2) is 4.98 Å². The van der Waals surface area contributed by atoms with Crippen molar-refractivity contribution >= 4 is 17.3 Å². The first-order valence-electron chi connectivity index (χ1n) is 7.37. The molecule has 1 aromatic carbocycles. The molecule has 1 aromatic heterocycles. The van der Waals surface area contributed by atoms with Crippen LogP contribution in [0.1, 0.15) is 19.4 Å². The largest absolute Gasteiger partial charge is 0.477 e. The van der Waals surface area contributed by atoms with Crippen LogP contribution in [-0.4, -0.2) is 28.0 Å². The molecule has 0 atom stereocenters. The summed E-state index contributed by atoms with van der Waals surface area (Å²) in [6.07, 6.45) is -4.05. The van der Waals surface area contributed by atoms with Crippen molar-refractivity contribution in [3.05, 3.63) is 46.1 Å². The summed E-state index contributed by atoms with van der Waals surface area (Å²) in [5.41, 5.74) is -1.13. The van der Waals surface area contributed by atoms with Crippen molar-refractivity contribution in [3.63, 3.8) is 0 Å². The predicted molar refractivity (Wildman–Crippen MR) is 84.0 cm³/mol. The van der Waals surface area contributed by atoms with Crippen LogP contribution in [0.4, 0.5) is 30.5 Å². The monoisotopic (exact) mass is 356 g/mol. The molecule has 10 heteroatoms. The number of halogens is 3. The van der Waals surface area contributed by atoms with Gasteiger partial charge in [0.05, 0.1) is 11.5 Å². The van der Waals surface area contributed by atoms with Crippen molar-refractivity contribution in [3.8, 4) is 5.88 Å². The third-order valence-electron chi connectivity index (χ3n) is 3.25. The van der Waals surface area contributed by atoms with Gasteiger partial charge >= 0.3 is 6.18 Å². The predicted octanol–water partition coefficient (Wildman–Crippen LogP) is 3.96. The molecule has 0 saturated heterocycles. The Kier molecular flexibility index (Phi) is 5.40. The first kappa shape index (κ1) is 18.4. The van der Waals surface area contributed by atoms with E-state index in [-0.39, 0.29) is 30.5 Å². The summed E-state index contributed by atoms with van der Waals surface area (Å²) in [4.78, 5) is 19.5. The Morgan fingerprint density at radius 2 is 1.96 bits per heavy atom. The van der Waals surface area contributed by atoms with Crippen LogP contribution in [0, 0.1) is 10.1 Å². The molecule has 2 aromatic rings. The van der Waals surface area contributed by atoms with E-state index in [0.717, 1.165) is 0 Å². The van der Waals surface area contributed by atoms with Crippen molar-refractivity contribution in [1.29, 1.82) is 0 Å². The highest BCUT2D eigenvalue weighted by molar-refractivity contribution is 5.69. The zero-order chi connectivity index (χ0) is 18.6. The highest BCUT2D eigenvalue weighted by Gasteiger charge is 2.36. The molecule has 0 fully saturated rings. The molecule has 0 aliphatic carbocycles. The number of benzene rings is 1. The Labute approximate surface area is 141 Å². The van der Waals surface area contributed by atoms with Crippen LogP contribution in [0.5, 0.6) is 5.88 Å². The van der Waals surface area contributed by atoms with Crippen LogP contribution in [-0.2, 0) is 6.18 Å².